The van der Waals surface area contributed by atoms with Crippen LogP contribution in [0.25, 0.3) is 0 Å². The van der Waals surface area contributed by atoms with E-state index < -0.39 is 6.10 Å². The SMILES string of the molecule is CCC(C)CC(O)c1cc(OC)c(OC)cc1C. The minimum Gasteiger partial charge on any atom is -0.493 e. The normalized spacial score (nSPS) is 14.1. The number of aliphatic hydroxyl groups excluding tert-OH is 1. The van der Waals surface area contributed by atoms with Crippen molar-refractivity contribution in [1.82, 2.24) is 0 Å². The fraction of sp³-hybridized carbons (Fsp3) is 0.600. The van der Waals surface area contributed by atoms with Crippen LogP contribution in [-0.2, 0) is 0 Å². The molecule has 1 aromatic carbocycles. The lowest BCUT2D eigenvalue weighted by molar-refractivity contribution is 0.145. The molecule has 2 atom stereocenters. The molecule has 2 unspecified atom stereocenters. The molecule has 0 amide bonds. The molecule has 0 fully saturated rings. The van der Waals surface area contributed by atoms with Gasteiger partial charge in [-0.1, -0.05) is 20.3 Å². The van der Waals surface area contributed by atoms with Gasteiger partial charge in [0.15, 0.2) is 11.5 Å². The van der Waals surface area contributed by atoms with Gasteiger partial charge >= 0.3 is 0 Å². The molecule has 1 rings (SSSR count). The number of hydrogen-bond donors (Lipinski definition) is 1. The van der Waals surface area contributed by atoms with Gasteiger partial charge in [-0.05, 0) is 42.5 Å². The molecule has 0 radical (unpaired) electrons. The number of rotatable bonds is 6. The van der Waals surface area contributed by atoms with Crippen molar-refractivity contribution in [3.05, 3.63) is 23.3 Å². The fourth-order valence-electron chi connectivity index (χ4n) is 2.03. The highest BCUT2D eigenvalue weighted by molar-refractivity contribution is 5.47. The van der Waals surface area contributed by atoms with Crippen LogP contribution in [-0.4, -0.2) is 19.3 Å². The summed E-state index contributed by atoms with van der Waals surface area (Å²) in [6.07, 6.45) is 1.40. The van der Waals surface area contributed by atoms with Crippen LogP contribution < -0.4 is 9.47 Å². The minimum absolute atomic E-state index is 0.445. The molecule has 0 saturated heterocycles. The molecule has 3 nitrogen and oxygen atoms in total. The first kappa shape index (κ1) is 14.8. The average molecular weight is 252 g/mol. The van der Waals surface area contributed by atoms with Crippen LogP contribution in [0.5, 0.6) is 11.5 Å². The maximum Gasteiger partial charge on any atom is 0.161 e. The van der Waals surface area contributed by atoms with Gasteiger partial charge in [0.1, 0.15) is 0 Å². The molecule has 102 valence electrons. The average Bonchev–Trinajstić information content (AvgIpc) is 2.37. The van der Waals surface area contributed by atoms with Gasteiger partial charge in [-0.15, -0.1) is 0 Å². The molecule has 0 aliphatic rings. The Morgan fingerprint density at radius 1 is 1.17 bits per heavy atom. The standard InChI is InChI=1S/C15H24O3/c1-6-10(2)7-13(16)12-9-15(18-5)14(17-4)8-11(12)3/h8-10,13,16H,6-7H2,1-5H3. The van der Waals surface area contributed by atoms with Crippen LogP contribution in [0, 0.1) is 12.8 Å². The van der Waals surface area contributed by atoms with Crippen molar-refractivity contribution in [3.63, 3.8) is 0 Å². The molecule has 3 heteroatoms. The topological polar surface area (TPSA) is 38.7 Å². The zero-order chi connectivity index (χ0) is 13.7. The Kier molecular flexibility index (Phi) is 5.48. The molecule has 0 bridgehead atoms. The second kappa shape index (κ2) is 6.64. The number of hydrogen-bond acceptors (Lipinski definition) is 3. The van der Waals surface area contributed by atoms with E-state index in [-0.39, 0.29) is 0 Å². The molecule has 0 spiro atoms. The minimum atomic E-state index is -0.445. The summed E-state index contributed by atoms with van der Waals surface area (Å²) in [5, 5.41) is 10.3. The maximum absolute atomic E-state index is 10.3. The van der Waals surface area contributed by atoms with Gasteiger partial charge in [0, 0.05) is 0 Å². The van der Waals surface area contributed by atoms with Gasteiger partial charge in [-0.2, -0.15) is 0 Å². The predicted molar refractivity (Wildman–Crippen MR) is 73.3 cm³/mol. The van der Waals surface area contributed by atoms with E-state index in [1.165, 1.54) is 0 Å². The van der Waals surface area contributed by atoms with E-state index in [4.69, 9.17) is 9.47 Å². The summed E-state index contributed by atoms with van der Waals surface area (Å²) in [4.78, 5) is 0. The summed E-state index contributed by atoms with van der Waals surface area (Å²) < 4.78 is 10.5. The zero-order valence-corrected chi connectivity index (χ0v) is 12.0. The quantitative estimate of drug-likeness (QED) is 0.842. The zero-order valence-electron chi connectivity index (χ0n) is 12.0. The Labute approximate surface area is 110 Å². The molecule has 1 N–H and O–H groups in total. The Morgan fingerprint density at radius 2 is 1.72 bits per heavy atom. The summed E-state index contributed by atoms with van der Waals surface area (Å²) in [5.74, 6) is 1.88. The van der Waals surface area contributed by atoms with Crippen LogP contribution in [0.15, 0.2) is 12.1 Å². The van der Waals surface area contributed by atoms with Crippen molar-refractivity contribution in [2.24, 2.45) is 5.92 Å². The molecule has 0 aliphatic carbocycles. The predicted octanol–water partition coefficient (Wildman–Crippen LogP) is 3.48. The number of ether oxygens (including phenoxy) is 2. The van der Waals surface area contributed by atoms with E-state index in [1.54, 1.807) is 14.2 Å². The lowest BCUT2D eigenvalue weighted by Crippen LogP contribution is -2.06. The third-order valence-electron chi connectivity index (χ3n) is 3.45. The lowest BCUT2D eigenvalue weighted by Gasteiger charge is -2.19. The first-order valence-corrected chi connectivity index (χ1v) is 6.44. The van der Waals surface area contributed by atoms with E-state index in [0.717, 1.165) is 24.0 Å². The third-order valence-corrected chi connectivity index (χ3v) is 3.45. The molecule has 18 heavy (non-hydrogen) atoms. The molecular formula is C15H24O3. The summed E-state index contributed by atoms with van der Waals surface area (Å²) in [5.41, 5.74) is 1.96. The fourth-order valence-corrected chi connectivity index (χ4v) is 2.03. The molecule has 1 aromatic rings. The van der Waals surface area contributed by atoms with E-state index in [9.17, 15) is 5.11 Å². The van der Waals surface area contributed by atoms with Crippen LogP contribution in [0.2, 0.25) is 0 Å². The number of aryl methyl sites for hydroxylation is 1. The highest BCUT2D eigenvalue weighted by Gasteiger charge is 2.17. The summed E-state index contributed by atoms with van der Waals surface area (Å²) in [6, 6.07) is 3.79. The van der Waals surface area contributed by atoms with Gasteiger partial charge < -0.3 is 14.6 Å². The Balaban J connectivity index is 3.01. The number of benzene rings is 1. The first-order chi connectivity index (χ1) is 8.53. The maximum atomic E-state index is 10.3. The second-order valence-corrected chi connectivity index (χ2v) is 4.83. The van der Waals surface area contributed by atoms with Crippen molar-refractivity contribution in [2.45, 2.75) is 39.7 Å². The molecule has 0 saturated carbocycles. The van der Waals surface area contributed by atoms with Crippen LogP contribution in [0.4, 0.5) is 0 Å². The van der Waals surface area contributed by atoms with Gasteiger partial charge in [0.05, 0.1) is 20.3 Å². The number of aliphatic hydroxyl groups is 1. The Hall–Kier alpha value is -1.22. The smallest absolute Gasteiger partial charge is 0.161 e. The Morgan fingerprint density at radius 3 is 2.22 bits per heavy atom. The Bertz CT molecular complexity index is 388. The van der Waals surface area contributed by atoms with Gasteiger partial charge in [-0.25, -0.2) is 0 Å². The van der Waals surface area contributed by atoms with Crippen LogP contribution in [0.1, 0.15) is 43.9 Å². The largest absolute Gasteiger partial charge is 0.493 e. The van der Waals surface area contributed by atoms with Crippen molar-refractivity contribution >= 4 is 0 Å². The van der Waals surface area contributed by atoms with Crippen molar-refractivity contribution in [2.75, 3.05) is 14.2 Å². The number of methoxy groups -OCH3 is 2. The van der Waals surface area contributed by atoms with Gasteiger partial charge in [0.2, 0.25) is 0 Å². The first-order valence-electron chi connectivity index (χ1n) is 6.44. The highest BCUT2D eigenvalue weighted by atomic mass is 16.5. The molecule has 0 aromatic heterocycles. The highest BCUT2D eigenvalue weighted by Crippen LogP contribution is 2.34. The van der Waals surface area contributed by atoms with E-state index in [1.807, 2.05) is 19.1 Å². The van der Waals surface area contributed by atoms with Crippen molar-refractivity contribution < 1.29 is 14.6 Å². The van der Waals surface area contributed by atoms with Crippen LogP contribution in [0.3, 0.4) is 0 Å². The van der Waals surface area contributed by atoms with Gasteiger partial charge in [0.25, 0.3) is 0 Å². The second-order valence-electron chi connectivity index (χ2n) is 4.83. The molecular weight excluding hydrogens is 228 g/mol. The third kappa shape index (κ3) is 3.39. The molecule has 0 heterocycles. The van der Waals surface area contributed by atoms with Crippen molar-refractivity contribution in [1.29, 1.82) is 0 Å². The van der Waals surface area contributed by atoms with Gasteiger partial charge in [-0.3, -0.25) is 0 Å². The summed E-state index contributed by atoms with van der Waals surface area (Å²) in [7, 11) is 3.23. The lowest BCUT2D eigenvalue weighted by atomic mass is 9.93. The summed E-state index contributed by atoms with van der Waals surface area (Å²) >= 11 is 0. The van der Waals surface area contributed by atoms with E-state index in [0.29, 0.717) is 17.4 Å². The van der Waals surface area contributed by atoms with Crippen molar-refractivity contribution in [3.8, 4) is 11.5 Å². The monoisotopic (exact) mass is 252 g/mol. The molecule has 0 aliphatic heterocycles. The van der Waals surface area contributed by atoms with Crippen LogP contribution >= 0.6 is 0 Å². The summed E-state index contributed by atoms with van der Waals surface area (Å²) in [6.45, 7) is 6.27. The van der Waals surface area contributed by atoms with E-state index in [2.05, 4.69) is 13.8 Å². The van der Waals surface area contributed by atoms with E-state index >= 15 is 0 Å².